The Bertz CT molecular complexity index is 3220. The van der Waals surface area contributed by atoms with Crippen molar-refractivity contribution in [3.8, 4) is 67.4 Å². The third-order valence-corrected chi connectivity index (χ3v) is 11.2. The lowest BCUT2D eigenvalue weighted by molar-refractivity contribution is 1.18. The molecule has 0 aliphatic heterocycles. The number of nitrogens with zero attached hydrogens (tertiary/aromatic N) is 3. The van der Waals surface area contributed by atoms with Gasteiger partial charge in [0.05, 0.1) is 22.6 Å². The van der Waals surface area contributed by atoms with Gasteiger partial charge in [0.1, 0.15) is 0 Å². The Kier molecular flexibility index (Phi) is 8.15. The van der Waals surface area contributed by atoms with E-state index < -0.39 is 0 Å². The number of para-hydroxylation sites is 1. The van der Waals surface area contributed by atoms with Crippen LogP contribution in [-0.2, 0) is 0 Å². The molecule has 11 aromatic rings. The van der Waals surface area contributed by atoms with Crippen molar-refractivity contribution in [3.05, 3.63) is 212 Å². The summed E-state index contributed by atoms with van der Waals surface area (Å²) in [5.74, 6) is 0.681. The van der Waals surface area contributed by atoms with Crippen LogP contribution in [0.1, 0.15) is 0 Å². The first kappa shape index (κ1) is 33.6. The summed E-state index contributed by atoms with van der Waals surface area (Å²) in [5.41, 5.74) is 12.3. The van der Waals surface area contributed by atoms with Crippen molar-refractivity contribution in [2.24, 2.45) is 0 Å². The van der Waals surface area contributed by atoms with Gasteiger partial charge in [0.25, 0.3) is 0 Å². The van der Waals surface area contributed by atoms with Gasteiger partial charge in [-0.15, -0.1) is 0 Å². The van der Waals surface area contributed by atoms with Crippen LogP contribution >= 0.6 is 0 Å². The fourth-order valence-corrected chi connectivity index (χ4v) is 8.46. The lowest BCUT2D eigenvalue weighted by atomic mass is 9.90. The first-order chi connectivity index (χ1) is 28.7. The molecule has 0 spiro atoms. The SMILES string of the molecule is c1ccc(-c2cccc(-c3cc(-c4ccc(-c5nc6ccccc6c6c7ccccc7c7ccccc7c56)cc4)nc(-c4cccc(-c5ccccc5)c4)n3)c2)cc1. The van der Waals surface area contributed by atoms with Crippen molar-refractivity contribution in [1.29, 1.82) is 0 Å². The zero-order valence-corrected chi connectivity index (χ0v) is 31.5. The molecule has 270 valence electrons. The van der Waals surface area contributed by atoms with E-state index in [4.69, 9.17) is 15.0 Å². The van der Waals surface area contributed by atoms with E-state index in [1.165, 1.54) is 37.9 Å². The average molecular weight is 738 g/mol. The van der Waals surface area contributed by atoms with Gasteiger partial charge >= 0.3 is 0 Å². The molecule has 2 aromatic heterocycles. The minimum absolute atomic E-state index is 0.681. The molecule has 0 saturated heterocycles. The first-order valence-corrected chi connectivity index (χ1v) is 19.7. The maximum Gasteiger partial charge on any atom is 0.160 e. The van der Waals surface area contributed by atoms with Gasteiger partial charge in [0.15, 0.2) is 5.82 Å². The average Bonchev–Trinajstić information content (AvgIpc) is 3.31. The molecule has 0 atom stereocenters. The molecular weight excluding hydrogens is 703 g/mol. The molecule has 0 unspecified atom stereocenters. The van der Waals surface area contributed by atoms with Crippen LogP contribution in [0, 0.1) is 0 Å². The van der Waals surface area contributed by atoms with E-state index in [0.717, 1.165) is 66.9 Å². The smallest absolute Gasteiger partial charge is 0.160 e. The number of pyridine rings is 1. The standard InChI is InChI=1S/C55H35N3/c1-3-15-36(16-4-1)40-19-13-21-42(33-40)51-35-50(57-55(58-51)43-22-14-20-41(34-43)37-17-5-2-6-18-37)38-29-31-39(32-30-38)54-53-47-26-10-8-24-45(47)44-23-7-9-25-46(44)52(53)48-27-11-12-28-49(48)56-54/h1-35H. The minimum Gasteiger partial charge on any atom is -0.247 e. The van der Waals surface area contributed by atoms with Crippen LogP contribution in [0.4, 0.5) is 0 Å². The third kappa shape index (κ3) is 5.89. The highest BCUT2D eigenvalue weighted by Crippen LogP contribution is 2.43. The summed E-state index contributed by atoms with van der Waals surface area (Å²) >= 11 is 0. The summed E-state index contributed by atoms with van der Waals surface area (Å²) in [6.07, 6.45) is 0. The topological polar surface area (TPSA) is 38.7 Å². The highest BCUT2D eigenvalue weighted by molar-refractivity contribution is 6.33. The Labute approximate surface area is 336 Å². The Hall–Kier alpha value is -7.75. The molecular formula is C55H35N3. The maximum atomic E-state index is 5.38. The fourth-order valence-electron chi connectivity index (χ4n) is 8.46. The predicted octanol–water partition coefficient (Wildman–Crippen LogP) is 14.5. The van der Waals surface area contributed by atoms with Crippen molar-refractivity contribution in [1.82, 2.24) is 15.0 Å². The molecule has 0 aliphatic rings. The van der Waals surface area contributed by atoms with E-state index >= 15 is 0 Å². The van der Waals surface area contributed by atoms with Crippen LogP contribution in [0.3, 0.4) is 0 Å². The van der Waals surface area contributed by atoms with Crippen molar-refractivity contribution in [2.75, 3.05) is 0 Å². The van der Waals surface area contributed by atoms with Crippen molar-refractivity contribution < 1.29 is 0 Å². The van der Waals surface area contributed by atoms with E-state index in [1.807, 2.05) is 12.1 Å². The van der Waals surface area contributed by atoms with E-state index in [9.17, 15) is 0 Å². The number of aromatic nitrogens is 3. The van der Waals surface area contributed by atoms with Crippen LogP contribution < -0.4 is 0 Å². The predicted molar refractivity (Wildman–Crippen MR) is 242 cm³/mol. The number of rotatable bonds is 6. The monoisotopic (exact) mass is 737 g/mol. The van der Waals surface area contributed by atoms with Gasteiger partial charge in [-0.3, -0.25) is 0 Å². The van der Waals surface area contributed by atoms with Gasteiger partial charge < -0.3 is 0 Å². The summed E-state index contributed by atoms with van der Waals surface area (Å²) in [6, 6.07) is 75.0. The number of fused-ring (bicyclic) bond motifs is 8. The maximum absolute atomic E-state index is 5.38. The van der Waals surface area contributed by atoms with Crippen LogP contribution in [0.25, 0.3) is 111 Å². The van der Waals surface area contributed by atoms with Gasteiger partial charge in [-0.1, -0.05) is 188 Å². The van der Waals surface area contributed by atoms with Crippen molar-refractivity contribution >= 4 is 43.2 Å². The normalized spacial score (nSPS) is 11.4. The lowest BCUT2D eigenvalue weighted by Gasteiger charge is -2.16. The Morgan fingerprint density at radius 1 is 0.241 bits per heavy atom. The molecule has 9 aromatic carbocycles. The Morgan fingerprint density at radius 2 is 0.690 bits per heavy atom. The minimum atomic E-state index is 0.681. The first-order valence-electron chi connectivity index (χ1n) is 19.7. The number of hydrogen-bond acceptors (Lipinski definition) is 3. The van der Waals surface area contributed by atoms with Crippen LogP contribution in [0.2, 0.25) is 0 Å². The molecule has 3 nitrogen and oxygen atoms in total. The summed E-state index contributed by atoms with van der Waals surface area (Å²) in [6.45, 7) is 0. The molecule has 58 heavy (non-hydrogen) atoms. The zero-order chi connectivity index (χ0) is 38.4. The Morgan fingerprint density at radius 3 is 1.33 bits per heavy atom. The number of hydrogen-bond donors (Lipinski definition) is 0. The molecule has 0 fully saturated rings. The van der Waals surface area contributed by atoms with E-state index in [0.29, 0.717) is 5.82 Å². The molecule has 2 heterocycles. The van der Waals surface area contributed by atoms with E-state index in [-0.39, 0.29) is 0 Å². The molecule has 0 bridgehead atoms. The number of benzene rings is 9. The summed E-state index contributed by atoms with van der Waals surface area (Å²) < 4.78 is 0. The van der Waals surface area contributed by atoms with Gasteiger partial charge in [-0.05, 0) is 68.1 Å². The van der Waals surface area contributed by atoms with Gasteiger partial charge in [-0.2, -0.15) is 0 Å². The van der Waals surface area contributed by atoms with Gasteiger partial charge in [-0.25, -0.2) is 15.0 Å². The van der Waals surface area contributed by atoms with Crippen LogP contribution in [0.5, 0.6) is 0 Å². The van der Waals surface area contributed by atoms with Crippen LogP contribution in [-0.4, -0.2) is 15.0 Å². The molecule has 0 saturated carbocycles. The van der Waals surface area contributed by atoms with Crippen LogP contribution in [0.15, 0.2) is 212 Å². The van der Waals surface area contributed by atoms with Crippen molar-refractivity contribution in [2.45, 2.75) is 0 Å². The molecule has 0 radical (unpaired) electrons. The Balaban J connectivity index is 1.09. The molecule has 0 amide bonds. The third-order valence-electron chi connectivity index (χ3n) is 11.2. The summed E-state index contributed by atoms with van der Waals surface area (Å²) in [7, 11) is 0. The highest BCUT2D eigenvalue weighted by atomic mass is 14.9. The molecule has 0 N–H and O–H groups in total. The molecule has 11 rings (SSSR count). The largest absolute Gasteiger partial charge is 0.247 e. The second-order valence-corrected chi connectivity index (χ2v) is 14.8. The second-order valence-electron chi connectivity index (χ2n) is 14.8. The van der Waals surface area contributed by atoms with E-state index in [1.54, 1.807) is 0 Å². The summed E-state index contributed by atoms with van der Waals surface area (Å²) in [5, 5.41) is 8.49. The fraction of sp³-hybridized carbons (Fsp3) is 0. The van der Waals surface area contributed by atoms with Gasteiger partial charge in [0, 0.05) is 38.4 Å². The molecule has 3 heteroatoms. The van der Waals surface area contributed by atoms with Gasteiger partial charge in [0.2, 0.25) is 0 Å². The second kappa shape index (κ2) is 14.1. The quantitative estimate of drug-likeness (QED) is 0.160. The lowest BCUT2D eigenvalue weighted by Crippen LogP contribution is -1.97. The zero-order valence-electron chi connectivity index (χ0n) is 31.5. The van der Waals surface area contributed by atoms with Crippen molar-refractivity contribution in [3.63, 3.8) is 0 Å². The highest BCUT2D eigenvalue weighted by Gasteiger charge is 2.18. The summed E-state index contributed by atoms with van der Waals surface area (Å²) in [4.78, 5) is 15.9. The molecule has 0 aliphatic carbocycles. The van der Waals surface area contributed by atoms with E-state index in [2.05, 4.69) is 200 Å².